The number of aliphatic hydroxyl groups excluding tert-OH is 4. The summed E-state index contributed by atoms with van der Waals surface area (Å²) in [5.41, 5.74) is 0. The Hall–Kier alpha value is -0.570. The van der Waals surface area contributed by atoms with E-state index in [0.29, 0.717) is 0 Å². The minimum atomic E-state index is -2.47. The van der Waals surface area contributed by atoms with Crippen molar-refractivity contribution in [2.75, 3.05) is 6.61 Å². The van der Waals surface area contributed by atoms with Gasteiger partial charge in [-0.05, 0) is 0 Å². The van der Waals surface area contributed by atoms with Gasteiger partial charge in [0.05, 0.1) is 13.0 Å². The summed E-state index contributed by atoms with van der Waals surface area (Å²) in [5.74, 6) is -2.47. The van der Waals surface area contributed by atoms with Gasteiger partial charge in [-0.25, -0.2) is 0 Å². The van der Waals surface area contributed by atoms with Gasteiger partial charge >= 0.3 is 0 Å². The van der Waals surface area contributed by atoms with Gasteiger partial charge < -0.3 is 35.1 Å². The lowest BCUT2D eigenvalue weighted by Crippen LogP contribution is -2.65. The Morgan fingerprint density at radius 2 is 2.00 bits per heavy atom. The van der Waals surface area contributed by atoms with E-state index in [9.17, 15) is 25.2 Å². The highest BCUT2D eigenvalue weighted by Crippen LogP contribution is 2.29. The molecule has 0 aromatic carbocycles. The molecule has 15 heavy (non-hydrogen) atoms. The van der Waals surface area contributed by atoms with Crippen molar-refractivity contribution < 1.29 is 36.4 Å². The first kappa shape index (κ1) is 10.9. The molecule has 88 valence electrons. The summed E-state index contributed by atoms with van der Waals surface area (Å²) in [5, 5.41) is 46.7. The molecule has 0 saturated carbocycles. The van der Waals surface area contributed by atoms with Gasteiger partial charge in [0.2, 0.25) is 5.79 Å². The van der Waals surface area contributed by atoms with E-state index in [-0.39, 0.29) is 0 Å². The summed E-state index contributed by atoms with van der Waals surface area (Å²) in [7, 11) is 0. The molecule has 1 aliphatic rings. The van der Waals surface area contributed by atoms with Crippen LogP contribution in [0.15, 0.2) is 0 Å². The summed E-state index contributed by atoms with van der Waals surface area (Å²) in [4.78, 5) is 10.6. The summed E-state index contributed by atoms with van der Waals surface area (Å²) in [6, 6.07) is 0. The van der Waals surface area contributed by atoms with Crippen molar-refractivity contribution in [2.24, 2.45) is 0 Å². The molecular weight excluding hydrogens is 208 g/mol. The molecule has 0 aromatic heterocycles. The van der Waals surface area contributed by atoms with Crippen molar-refractivity contribution in [1.82, 2.24) is 0 Å². The average molecular weight is 223 g/mol. The Morgan fingerprint density at radius 1 is 1.40 bits per heavy atom. The lowest BCUT2D eigenvalue weighted by molar-refractivity contribution is -0.347. The zero-order chi connectivity index (χ0) is 12.5. The molecule has 5 N–H and O–H groups in total. The van der Waals surface area contributed by atoms with Crippen molar-refractivity contribution in [1.29, 1.82) is 0 Å². The summed E-state index contributed by atoms with van der Waals surface area (Å²) >= 11 is 0. The molecule has 0 bridgehead atoms. The van der Waals surface area contributed by atoms with Crippen LogP contribution in [0.3, 0.4) is 0 Å². The molecule has 1 unspecified atom stereocenters. The standard InChI is InChI=1S/C8H14O7/c9-2-1-8(14)7(13)6(12)5(11)4(3-10)15-8/h2,4-7,10-14H,1,3H2/t4-,5-,6+,7-,8?/m1/s1/i2D. The quantitative estimate of drug-likeness (QED) is 0.318. The van der Waals surface area contributed by atoms with Gasteiger partial charge in [0, 0.05) is 0 Å². The zero-order valence-corrected chi connectivity index (χ0v) is 7.78. The SMILES string of the molecule is [2H]C(=O)CC1(O)O[C@H](CO)[C@@H](O)[C@H](O)[C@H]1O. The highest BCUT2D eigenvalue weighted by molar-refractivity contribution is 5.51. The van der Waals surface area contributed by atoms with Crippen LogP contribution in [0.4, 0.5) is 0 Å². The Kier molecular flexibility index (Phi) is 3.29. The lowest BCUT2D eigenvalue weighted by atomic mass is 9.91. The predicted octanol–water partition coefficient (Wildman–Crippen LogP) is -3.26. The van der Waals surface area contributed by atoms with Crippen LogP contribution < -0.4 is 0 Å². The monoisotopic (exact) mass is 223 g/mol. The van der Waals surface area contributed by atoms with E-state index in [1.165, 1.54) is 0 Å². The van der Waals surface area contributed by atoms with E-state index >= 15 is 0 Å². The molecule has 5 atom stereocenters. The van der Waals surface area contributed by atoms with Crippen LogP contribution in [-0.4, -0.2) is 68.6 Å². The molecule has 7 nitrogen and oxygen atoms in total. The largest absolute Gasteiger partial charge is 0.394 e. The van der Waals surface area contributed by atoms with E-state index in [1.807, 2.05) is 0 Å². The van der Waals surface area contributed by atoms with Crippen molar-refractivity contribution >= 4 is 6.26 Å². The molecule has 7 heteroatoms. The van der Waals surface area contributed by atoms with Gasteiger partial charge in [0.1, 0.15) is 32.0 Å². The first-order chi connectivity index (χ1) is 7.31. The molecule has 0 aromatic rings. The molecule has 0 spiro atoms. The molecule has 0 amide bonds. The fourth-order valence-electron chi connectivity index (χ4n) is 1.47. The smallest absolute Gasteiger partial charge is 0.201 e. The summed E-state index contributed by atoms with van der Waals surface area (Å²) < 4.78 is 11.4. The van der Waals surface area contributed by atoms with Crippen LogP contribution in [-0.2, 0) is 9.53 Å². The average Bonchev–Trinajstić information content (AvgIpc) is 2.20. The number of aliphatic hydroxyl groups is 5. The van der Waals surface area contributed by atoms with Crippen LogP contribution >= 0.6 is 0 Å². The molecule has 0 aliphatic carbocycles. The minimum absolute atomic E-state index is 0.709. The van der Waals surface area contributed by atoms with E-state index < -0.39 is 49.5 Å². The van der Waals surface area contributed by atoms with Crippen molar-refractivity contribution in [3.63, 3.8) is 0 Å². The topological polar surface area (TPSA) is 127 Å². The fraction of sp³-hybridized carbons (Fsp3) is 0.875. The van der Waals surface area contributed by atoms with Crippen LogP contribution in [0.5, 0.6) is 0 Å². The third-order valence-electron chi connectivity index (χ3n) is 2.38. The first-order valence-electron chi connectivity index (χ1n) is 4.86. The third kappa shape index (κ3) is 2.17. The summed E-state index contributed by atoms with van der Waals surface area (Å²) in [6.45, 7) is -0.709. The second kappa shape index (κ2) is 4.52. The predicted molar refractivity (Wildman–Crippen MR) is 45.6 cm³/mol. The van der Waals surface area contributed by atoms with Crippen molar-refractivity contribution in [2.45, 2.75) is 36.6 Å². The Morgan fingerprint density at radius 3 is 2.47 bits per heavy atom. The molecule has 1 aliphatic heterocycles. The minimum Gasteiger partial charge on any atom is -0.394 e. The number of aldehydes is 1. The molecule has 1 saturated heterocycles. The second-order valence-corrected chi connectivity index (χ2v) is 3.43. The van der Waals surface area contributed by atoms with Gasteiger partial charge in [-0.1, -0.05) is 0 Å². The second-order valence-electron chi connectivity index (χ2n) is 3.43. The van der Waals surface area contributed by atoms with Crippen molar-refractivity contribution in [3.8, 4) is 0 Å². The first-order valence-corrected chi connectivity index (χ1v) is 4.36. The van der Waals surface area contributed by atoms with E-state index in [2.05, 4.69) is 0 Å². The number of carbonyl (C=O) groups is 1. The van der Waals surface area contributed by atoms with Gasteiger partial charge in [-0.15, -0.1) is 0 Å². The maximum absolute atomic E-state index is 10.6. The van der Waals surface area contributed by atoms with Gasteiger partial charge in [-0.3, -0.25) is 0 Å². The van der Waals surface area contributed by atoms with Crippen molar-refractivity contribution in [3.05, 3.63) is 0 Å². The fourth-order valence-corrected chi connectivity index (χ4v) is 1.47. The Balaban J connectivity index is 2.89. The number of hydrogen-bond acceptors (Lipinski definition) is 7. The van der Waals surface area contributed by atoms with E-state index in [1.54, 1.807) is 0 Å². The normalized spacial score (nSPS) is 47.4. The molecule has 0 radical (unpaired) electrons. The molecular formula is C8H14O7. The van der Waals surface area contributed by atoms with Crippen LogP contribution in [0.25, 0.3) is 0 Å². The van der Waals surface area contributed by atoms with Gasteiger partial charge in [0.15, 0.2) is 0 Å². The molecule has 1 fully saturated rings. The maximum Gasteiger partial charge on any atom is 0.201 e. The van der Waals surface area contributed by atoms with E-state index in [0.717, 1.165) is 0 Å². The maximum atomic E-state index is 10.6. The van der Waals surface area contributed by atoms with E-state index in [4.69, 9.17) is 11.2 Å². The Bertz CT molecular complexity index is 271. The molecule has 1 rings (SSSR count). The number of hydrogen-bond donors (Lipinski definition) is 5. The van der Waals surface area contributed by atoms with Crippen LogP contribution in [0.1, 0.15) is 7.79 Å². The number of rotatable bonds is 3. The third-order valence-corrected chi connectivity index (χ3v) is 2.38. The zero-order valence-electron chi connectivity index (χ0n) is 8.78. The van der Waals surface area contributed by atoms with Crippen LogP contribution in [0.2, 0.25) is 0 Å². The molecule has 1 heterocycles. The highest BCUT2D eigenvalue weighted by Gasteiger charge is 2.52. The summed E-state index contributed by atoms with van der Waals surface area (Å²) in [6.07, 6.45) is -8.69. The van der Waals surface area contributed by atoms with Gasteiger partial charge in [-0.2, -0.15) is 0 Å². The Labute approximate surface area is 86.9 Å². The van der Waals surface area contributed by atoms with Gasteiger partial charge in [0.25, 0.3) is 0 Å². The number of carbonyl (C=O) groups excluding carboxylic acids is 1. The highest BCUT2D eigenvalue weighted by atomic mass is 16.7. The van der Waals surface area contributed by atoms with Crippen LogP contribution in [0, 0.1) is 0 Å². The lowest BCUT2D eigenvalue weighted by Gasteiger charge is -2.44. The number of ether oxygens (including phenoxy) is 1.